The second kappa shape index (κ2) is 4.81. The predicted molar refractivity (Wildman–Crippen MR) is 61.9 cm³/mol. The zero-order valence-corrected chi connectivity index (χ0v) is 9.38. The molecule has 0 radical (unpaired) electrons. The van der Waals surface area contributed by atoms with Crippen molar-refractivity contribution in [3.05, 3.63) is 53.9 Å². The molecule has 82 valence electrons. The molecule has 4 heteroatoms. The number of hydrogen-bond acceptors (Lipinski definition) is 4. The SMILES string of the molecule is CNC(c1cnccn1)c1cccc(C)n1. The maximum Gasteiger partial charge on any atom is 0.0938 e. The number of aryl methyl sites for hydroxylation is 1. The van der Waals surface area contributed by atoms with Crippen molar-refractivity contribution in [2.75, 3.05) is 7.05 Å². The van der Waals surface area contributed by atoms with Gasteiger partial charge in [0.15, 0.2) is 0 Å². The summed E-state index contributed by atoms with van der Waals surface area (Å²) in [4.78, 5) is 12.9. The lowest BCUT2D eigenvalue weighted by molar-refractivity contribution is 0.646. The van der Waals surface area contributed by atoms with E-state index in [1.54, 1.807) is 18.6 Å². The van der Waals surface area contributed by atoms with E-state index in [1.165, 1.54) is 0 Å². The van der Waals surface area contributed by atoms with Crippen LogP contribution in [0.4, 0.5) is 0 Å². The number of hydrogen-bond donors (Lipinski definition) is 1. The minimum absolute atomic E-state index is 0.00593. The van der Waals surface area contributed by atoms with E-state index in [9.17, 15) is 0 Å². The molecule has 1 unspecified atom stereocenters. The van der Waals surface area contributed by atoms with Gasteiger partial charge in [0, 0.05) is 18.1 Å². The minimum atomic E-state index is -0.00593. The van der Waals surface area contributed by atoms with Gasteiger partial charge in [0.05, 0.1) is 23.6 Å². The highest BCUT2D eigenvalue weighted by molar-refractivity contribution is 5.21. The topological polar surface area (TPSA) is 50.7 Å². The van der Waals surface area contributed by atoms with Gasteiger partial charge in [0.1, 0.15) is 0 Å². The molecule has 2 heterocycles. The van der Waals surface area contributed by atoms with Crippen LogP contribution in [0.15, 0.2) is 36.8 Å². The molecule has 0 aliphatic heterocycles. The van der Waals surface area contributed by atoms with Gasteiger partial charge >= 0.3 is 0 Å². The zero-order valence-electron chi connectivity index (χ0n) is 9.38. The molecule has 2 aromatic heterocycles. The summed E-state index contributed by atoms with van der Waals surface area (Å²) >= 11 is 0. The normalized spacial score (nSPS) is 12.4. The Balaban J connectivity index is 2.37. The molecule has 0 aliphatic rings. The third-order valence-electron chi connectivity index (χ3n) is 2.37. The van der Waals surface area contributed by atoms with Crippen LogP contribution in [-0.2, 0) is 0 Å². The van der Waals surface area contributed by atoms with E-state index in [-0.39, 0.29) is 6.04 Å². The van der Waals surface area contributed by atoms with E-state index in [1.807, 2.05) is 32.2 Å². The maximum atomic E-state index is 4.49. The molecule has 0 saturated heterocycles. The standard InChI is InChI=1S/C12H14N4/c1-9-4-3-5-10(16-9)12(13-2)11-8-14-6-7-15-11/h3-8,12-13H,1-2H3. The second-order valence-corrected chi connectivity index (χ2v) is 3.56. The van der Waals surface area contributed by atoms with Gasteiger partial charge in [-0.3, -0.25) is 15.0 Å². The highest BCUT2D eigenvalue weighted by atomic mass is 15.0. The van der Waals surface area contributed by atoms with Gasteiger partial charge in [0.25, 0.3) is 0 Å². The van der Waals surface area contributed by atoms with Crippen LogP contribution in [0.2, 0.25) is 0 Å². The van der Waals surface area contributed by atoms with Crippen molar-refractivity contribution in [3.63, 3.8) is 0 Å². The summed E-state index contributed by atoms with van der Waals surface area (Å²) < 4.78 is 0. The van der Waals surface area contributed by atoms with Crippen molar-refractivity contribution in [2.45, 2.75) is 13.0 Å². The monoisotopic (exact) mass is 214 g/mol. The van der Waals surface area contributed by atoms with E-state index in [2.05, 4.69) is 20.3 Å². The van der Waals surface area contributed by atoms with Crippen LogP contribution in [0.1, 0.15) is 23.1 Å². The third kappa shape index (κ3) is 2.23. The molecule has 1 N–H and O–H groups in total. The second-order valence-electron chi connectivity index (χ2n) is 3.56. The average molecular weight is 214 g/mol. The molecule has 0 bridgehead atoms. The van der Waals surface area contributed by atoms with Crippen molar-refractivity contribution >= 4 is 0 Å². The van der Waals surface area contributed by atoms with Crippen LogP contribution in [0.3, 0.4) is 0 Å². The summed E-state index contributed by atoms with van der Waals surface area (Å²) in [5.74, 6) is 0. The average Bonchev–Trinajstić information content (AvgIpc) is 2.31. The number of aromatic nitrogens is 3. The Morgan fingerprint density at radius 1 is 1.19 bits per heavy atom. The van der Waals surface area contributed by atoms with Crippen molar-refractivity contribution < 1.29 is 0 Å². The number of pyridine rings is 1. The summed E-state index contributed by atoms with van der Waals surface area (Å²) in [5.41, 5.74) is 2.84. The van der Waals surface area contributed by atoms with Crippen LogP contribution in [0.25, 0.3) is 0 Å². The largest absolute Gasteiger partial charge is 0.307 e. The highest BCUT2D eigenvalue weighted by Crippen LogP contribution is 2.16. The Bertz CT molecular complexity index is 456. The molecule has 0 aliphatic carbocycles. The fourth-order valence-electron chi connectivity index (χ4n) is 1.63. The quantitative estimate of drug-likeness (QED) is 0.841. The number of nitrogens with one attached hydrogen (secondary N) is 1. The lowest BCUT2D eigenvalue weighted by atomic mass is 10.1. The molecule has 0 saturated carbocycles. The third-order valence-corrected chi connectivity index (χ3v) is 2.37. The van der Waals surface area contributed by atoms with E-state index < -0.39 is 0 Å². The van der Waals surface area contributed by atoms with E-state index in [0.29, 0.717) is 0 Å². The molecule has 0 spiro atoms. The van der Waals surface area contributed by atoms with Gasteiger partial charge in [0.2, 0.25) is 0 Å². The van der Waals surface area contributed by atoms with E-state index in [0.717, 1.165) is 17.1 Å². The van der Waals surface area contributed by atoms with Gasteiger partial charge in [-0.25, -0.2) is 0 Å². The van der Waals surface area contributed by atoms with Crippen molar-refractivity contribution in [1.29, 1.82) is 0 Å². The number of nitrogens with zero attached hydrogens (tertiary/aromatic N) is 3. The maximum absolute atomic E-state index is 4.49. The molecule has 16 heavy (non-hydrogen) atoms. The van der Waals surface area contributed by atoms with Gasteiger partial charge in [-0.2, -0.15) is 0 Å². The first-order chi connectivity index (χ1) is 7.81. The minimum Gasteiger partial charge on any atom is -0.307 e. The Morgan fingerprint density at radius 3 is 2.69 bits per heavy atom. The Kier molecular flexibility index (Phi) is 3.22. The van der Waals surface area contributed by atoms with E-state index in [4.69, 9.17) is 0 Å². The van der Waals surface area contributed by atoms with Gasteiger partial charge in [-0.05, 0) is 26.1 Å². The molecule has 1 atom stereocenters. The fraction of sp³-hybridized carbons (Fsp3) is 0.250. The van der Waals surface area contributed by atoms with Crippen LogP contribution in [-0.4, -0.2) is 22.0 Å². The van der Waals surface area contributed by atoms with Crippen molar-refractivity contribution in [1.82, 2.24) is 20.3 Å². The summed E-state index contributed by atoms with van der Waals surface area (Å²) in [6.45, 7) is 1.98. The molecule has 0 aromatic carbocycles. The number of rotatable bonds is 3. The van der Waals surface area contributed by atoms with Crippen LogP contribution >= 0.6 is 0 Å². The molecule has 2 rings (SSSR count). The molecule has 0 amide bonds. The summed E-state index contributed by atoms with van der Waals surface area (Å²) in [5, 5.41) is 3.20. The van der Waals surface area contributed by atoms with Crippen LogP contribution in [0.5, 0.6) is 0 Å². The summed E-state index contributed by atoms with van der Waals surface area (Å²) in [6, 6.07) is 5.96. The molecular formula is C12H14N4. The molecule has 0 fully saturated rings. The van der Waals surface area contributed by atoms with Gasteiger partial charge in [-0.1, -0.05) is 6.07 Å². The molecule has 2 aromatic rings. The van der Waals surface area contributed by atoms with Crippen LogP contribution < -0.4 is 5.32 Å². The molecular weight excluding hydrogens is 200 g/mol. The van der Waals surface area contributed by atoms with E-state index >= 15 is 0 Å². The first-order valence-electron chi connectivity index (χ1n) is 5.18. The van der Waals surface area contributed by atoms with Crippen LogP contribution in [0, 0.1) is 6.92 Å². The Hall–Kier alpha value is -1.81. The Labute approximate surface area is 94.8 Å². The highest BCUT2D eigenvalue weighted by Gasteiger charge is 2.14. The Morgan fingerprint density at radius 2 is 2.06 bits per heavy atom. The smallest absolute Gasteiger partial charge is 0.0938 e. The van der Waals surface area contributed by atoms with Gasteiger partial charge in [-0.15, -0.1) is 0 Å². The zero-order chi connectivity index (χ0) is 11.4. The predicted octanol–water partition coefficient (Wildman–Crippen LogP) is 1.49. The molecule has 4 nitrogen and oxygen atoms in total. The lowest BCUT2D eigenvalue weighted by Crippen LogP contribution is -2.20. The van der Waals surface area contributed by atoms with Crippen molar-refractivity contribution in [3.8, 4) is 0 Å². The first kappa shape index (κ1) is 10.7. The van der Waals surface area contributed by atoms with Gasteiger partial charge < -0.3 is 5.32 Å². The summed E-state index contributed by atoms with van der Waals surface area (Å²) in [6.07, 6.45) is 5.11. The van der Waals surface area contributed by atoms with Crippen molar-refractivity contribution in [2.24, 2.45) is 0 Å². The summed E-state index contributed by atoms with van der Waals surface area (Å²) in [7, 11) is 1.89. The lowest BCUT2D eigenvalue weighted by Gasteiger charge is -2.14. The first-order valence-corrected chi connectivity index (χ1v) is 5.18. The fourth-order valence-corrected chi connectivity index (χ4v) is 1.63.